The van der Waals surface area contributed by atoms with Crippen molar-refractivity contribution in [2.75, 3.05) is 0 Å². The topological polar surface area (TPSA) is 33.6 Å². The van der Waals surface area contributed by atoms with Gasteiger partial charge in [0.2, 0.25) is 0 Å². The molecule has 306 valence electrons. The number of hydrogen-bond acceptors (Lipinski definition) is 1. The molecule has 3 nitrogen and oxygen atoms in total. The van der Waals surface area contributed by atoms with Gasteiger partial charge in [-0.05, 0) is 123 Å². The van der Waals surface area contributed by atoms with E-state index in [0.717, 1.165) is 65.9 Å². The maximum Gasteiger partial charge on any atom is 0.417 e. The summed E-state index contributed by atoms with van der Waals surface area (Å²) in [5, 5.41) is 14.4. The van der Waals surface area contributed by atoms with E-state index in [1.54, 1.807) is 18.2 Å². The molecule has 8 aromatic rings. The van der Waals surface area contributed by atoms with E-state index < -0.39 is 11.7 Å². The highest BCUT2D eigenvalue weighted by molar-refractivity contribution is 6.12. The van der Waals surface area contributed by atoms with E-state index in [1.165, 1.54) is 12.1 Å². The molecule has 0 saturated carbocycles. The highest BCUT2D eigenvalue weighted by Crippen LogP contribution is 2.47. The Morgan fingerprint density at radius 2 is 0.800 bits per heavy atom. The molecule has 0 radical (unpaired) electrons. The van der Waals surface area contributed by atoms with Crippen LogP contribution in [0.4, 0.5) is 13.2 Å². The molecule has 0 aliphatic heterocycles. The first-order chi connectivity index (χ1) is 27.9. The number of halogens is 3. The van der Waals surface area contributed by atoms with Crippen molar-refractivity contribution in [2.45, 2.75) is 111 Å². The summed E-state index contributed by atoms with van der Waals surface area (Å²) >= 11 is 0. The second-order valence-corrected chi connectivity index (χ2v) is 20.6. The van der Waals surface area contributed by atoms with Crippen molar-refractivity contribution >= 4 is 43.6 Å². The summed E-state index contributed by atoms with van der Waals surface area (Å²) < 4.78 is 51.3. The molecular weight excluding hydrogens is 748 g/mol. The fourth-order valence-electron chi connectivity index (χ4n) is 8.68. The maximum atomic E-state index is 15.7. The number of hydrogen-bond donors (Lipinski definition) is 0. The molecule has 0 fully saturated rings. The summed E-state index contributed by atoms with van der Waals surface area (Å²) in [4.78, 5) is 0. The van der Waals surface area contributed by atoms with Gasteiger partial charge in [-0.25, -0.2) is 0 Å². The van der Waals surface area contributed by atoms with E-state index in [0.29, 0.717) is 16.9 Å². The minimum atomic E-state index is -4.72. The molecule has 0 atom stereocenters. The van der Waals surface area contributed by atoms with Crippen molar-refractivity contribution in [3.8, 4) is 28.6 Å². The Kier molecular flexibility index (Phi) is 9.29. The summed E-state index contributed by atoms with van der Waals surface area (Å²) in [6, 6.07) is 37.4. The van der Waals surface area contributed by atoms with Crippen LogP contribution in [0, 0.1) is 11.3 Å². The largest absolute Gasteiger partial charge is 0.417 e. The van der Waals surface area contributed by atoms with Crippen LogP contribution in [-0.2, 0) is 27.8 Å². The van der Waals surface area contributed by atoms with Gasteiger partial charge in [-0.2, -0.15) is 18.4 Å². The predicted molar refractivity (Wildman–Crippen MR) is 245 cm³/mol. The Hall–Kier alpha value is -5.80. The Bertz CT molecular complexity index is 2920. The molecule has 2 heterocycles. The van der Waals surface area contributed by atoms with Crippen LogP contribution in [0.25, 0.3) is 66.1 Å². The minimum absolute atomic E-state index is 0.0170. The van der Waals surface area contributed by atoms with Crippen molar-refractivity contribution in [3.63, 3.8) is 0 Å². The third-order valence-electron chi connectivity index (χ3n) is 12.2. The van der Waals surface area contributed by atoms with Gasteiger partial charge in [-0.15, -0.1) is 0 Å². The Labute approximate surface area is 352 Å². The zero-order valence-electron chi connectivity index (χ0n) is 36.9. The van der Waals surface area contributed by atoms with Crippen LogP contribution in [0.3, 0.4) is 0 Å². The van der Waals surface area contributed by atoms with Crippen molar-refractivity contribution in [1.82, 2.24) is 9.13 Å². The van der Waals surface area contributed by atoms with Crippen molar-refractivity contribution < 1.29 is 13.2 Å². The van der Waals surface area contributed by atoms with Gasteiger partial charge in [0.25, 0.3) is 0 Å². The van der Waals surface area contributed by atoms with Gasteiger partial charge < -0.3 is 9.13 Å². The van der Waals surface area contributed by atoms with E-state index in [4.69, 9.17) is 0 Å². The average Bonchev–Trinajstić information content (AvgIpc) is 3.67. The summed E-state index contributed by atoms with van der Waals surface area (Å²) in [6.45, 7) is 26.1. The summed E-state index contributed by atoms with van der Waals surface area (Å²) in [5.74, 6) is 0. The average molecular weight is 802 g/mol. The fraction of sp³-hybridized carbons (Fsp3) is 0.315. The van der Waals surface area contributed by atoms with Gasteiger partial charge in [0, 0.05) is 32.7 Å². The maximum absolute atomic E-state index is 15.7. The number of alkyl halides is 3. The van der Waals surface area contributed by atoms with Gasteiger partial charge in [0.1, 0.15) is 0 Å². The third-order valence-corrected chi connectivity index (χ3v) is 12.2. The van der Waals surface area contributed by atoms with Gasteiger partial charge in [-0.1, -0.05) is 113 Å². The molecular formula is C54H54F3N3. The molecule has 0 aliphatic rings. The SMILES string of the molecule is CC(C)(C)c1ccc2c(c1)c1cc(C(C)(C)C)ccc1n2-c1ccc(C#N)cc1-c1c(-n2c3ccc(C(C)(C)C)cc3c3cc(C(C)(C)C)ccc32)cccc1C(F)(F)F. The molecule has 0 unspecified atom stereocenters. The Morgan fingerprint density at radius 3 is 1.13 bits per heavy atom. The first-order valence-corrected chi connectivity index (χ1v) is 20.8. The lowest BCUT2D eigenvalue weighted by Gasteiger charge is -2.23. The van der Waals surface area contributed by atoms with Crippen LogP contribution in [0.15, 0.2) is 109 Å². The van der Waals surface area contributed by atoms with Gasteiger partial charge in [0.05, 0.1) is 50.6 Å². The second kappa shape index (κ2) is 13.6. The van der Waals surface area contributed by atoms with Gasteiger partial charge in [0.15, 0.2) is 0 Å². The van der Waals surface area contributed by atoms with E-state index >= 15 is 13.2 Å². The van der Waals surface area contributed by atoms with Gasteiger partial charge >= 0.3 is 6.18 Å². The van der Waals surface area contributed by atoms with E-state index in [2.05, 4.69) is 167 Å². The van der Waals surface area contributed by atoms with E-state index in [9.17, 15) is 5.26 Å². The number of nitriles is 1. The number of aromatic nitrogens is 2. The molecule has 0 aliphatic carbocycles. The van der Waals surface area contributed by atoms with Crippen LogP contribution in [0.2, 0.25) is 0 Å². The van der Waals surface area contributed by atoms with Crippen LogP contribution >= 0.6 is 0 Å². The number of rotatable bonds is 3. The molecule has 6 aromatic carbocycles. The number of nitrogens with zero attached hydrogens (tertiary/aromatic N) is 3. The van der Waals surface area contributed by atoms with Crippen LogP contribution in [0.5, 0.6) is 0 Å². The number of fused-ring (bicyclic) bond motifs is 6. The van der Waals surface area contributed by atoms with Crippen LogP contribution in [0.1, 0.15) is 116 Å². The molecule has 0 saturated heterocycles. The van der Waals surface area contributed by atoms with Crippen molar-refractivity contribution in [2.24, 2.45) is 0 Å². The lowest BCUT2D eigenvalue weighted by atomic mass is 9.85. The smallest absolute Gasteiger partial charge is 0.309 e. The molecule has 2 aromatic heterocycles. The fourth-order valence-corrected chi connectivity index (χ4v) is 8.68. The molecule has 0 bridgehead atoms. The summed E-state index contributed by atoms with van der Waals surface area (Å²) in [5.41, 5.74) is 8.20. The first-order valence-electron chi connectivity index (χ1n) is 20.8. The molecule has 0 amide bonds. The zero-order valence-corrected chi connectivity index (χ0v) is 36.9. The monoisotopic (exact) mass is 801 g/mol. The summed E-state index contributed by atoms with van der Waals surface area (Å²) in [6.07, 6.45) is -4.72. The number of benzene rings is 6. The quantitative estimate of drug-likeness (QED) is 0.175. The van der Waals surface area contributed by atoms with Crippen molar-refractivity contribution in [3.05, 3.63) is 143 Å². The summed E-state index contributed by atoms with van der Waals surface area (Å²) in [7, 11) is 0. The molecule has 8 rings (SSSR count). The molecule has 0 N–H and O–H groups in total. The molecule has 0 spiro atoms. The van der Waals surface area contributed by atoms with E-state index in [-0.39, 0.29) is 32.8 Å². The highest BCUT2D eigenvalue weighted by Gasteiger charge is 2.37. The lowest BCUT2D eigenvalue weighted by Crippen LogP contribution is -2.12. The van der Waals surface area contributed by atoms with Crippen molar-refractivity contribution in [1.29, 1.82) is 5.26 Å². The van der Waals surface area contributed by atoms with Gasteiger partial charge in [-0.3, -0.25) is 0 Å². The molecule has 6 heteroatoms. The van der Waals surface area contributed by atoms with Crippen LogP contribution in [-0.4, -0.2) is 9.13 Å². The lowest BCUT2D eigenvalue weighted by molar-refractivity contribution is -0.137. The Balaban J connectivity index is 1.54. The first kappa shape index (κ1) is 41.0. The van der Waals surface area contributed by atoms with Crippen LogP contribution < -0.4 is 0 Å². The molecule has 60 heavy (non-hydrogen) atoms. The minimum Gasteiger partial charge on any atom is -0.309 e. The normalized spacial score (nSPS) is 13.2. The third kappa shape index (κ3) is 6.86. The predicted octanol–water partition coefficient (Wildman–Crippen LogP) is 15.6. The van der Waals surface area contributed by atoms with E-state index in [1.807, 2.05) is 10.6 Å². The highest BCUT2D eigenvalue weighted by atomic mass is 19.4. The Morgan fingerprint density at radius 1 is 0.433 bits per heavy atom. The standard InChI is InChI=1S/C54H54F3N3/c1-50(2,3)33-17-22-43-37(27-33)38-28-34(51(4,5)6)18-23-44(38)59(43)47-21-16-32(31-58)26-41(47)49-42(54(55,56)57)14-13-15-48(49)60-45-24-19-35(52(7,8)9)29-39(45)40-30-36(53(10,11)12)20-25-46(40)60/h13-30H,1-12H3. The zero-order chi connectivity index (χ0) is 43.5. The second-order valence-electron chi connectivity index (χ2n) is 20.6.